The van der Waals surface area contributed by atoms with Gasteiger partial charge in [-0.2, -0.15) is 0 Å². The average Bonchev–Trinajstić information content (AvgIpc) is 3.06. The SMILES string of the molecule is OC(Cc1ccccc1)(c1cccs1)C1CC1. The van der Waals surface area contributed by atoms with Crippen LogP contribution >= 0.6 is 11.3 Å². The third-order valence-electron chi connectivity index (χ3n) is 3.52. The minimum Gasteiger partial charge on any atom is -0.384 e. The van der Waals surface area contributed by atoms with E-state index in [1.165, 1.54) is 5.56 Å². The molecule has 1 nitrogen and oxygen atoms in total. The van der Waals surface area contributed by atoms with Crippen LogP contribution in [0, 0.1) is 5.92 Å². The Morgan fingerprint density at radius 1 is 1.12 bits per heavy atom. The van der Waals surface area contributed by atoms with E-state index in [0.29, 0.717) is 5.92 Å². The van der Waals surface area contributed by atoms with Crippen molar-refractivity contribution in [1.29, 1.82) is 0 Å². The number of benzene rings is 1. The summed E-state index contributed by atoms with van der Waals surface area (Å²) in [6, 6.07) is 14.4. The predicted octanol–water partition coefficient (Wildman–Crippen LogP) is 3.59. The van der Waals surface area contributed by atoms with E-state index < -0.39 is 5.60 Å². The van der Waals surface area contributed by atoms with Gasteiger partial charge in [0.2, 0.25) is 0 Å². The topological polar surface area (TPSA) is 20.2 Å². The zero-order chi connectivity index (χ0) is 11.7. The second-order valence-corrected chi connectivity index (χ2v) is 5.79. The van der Waals surface area contributed by atoms with Gasteiger partial charge in [-0.05, 0) is 35.8 Å². The van der Waals surface area contributed by atoms with Gasteiger partial charge in [0.1, 0.15) is 5.60 Å². The van der Waals surface area contributed by atoms with Gasteiger partial charge in [-0.15, -0.1) is 11.3 Å². The normalized spacial score (nSPS) is 18.9. The summed E-state index contributed by atoms with van der Waals surface area (Å²) in [7, 11) is 0. The predicted molar refractivity (Wildman–Crippen MR) is 71.1 cm³/mol. The minimum atomic E-state index is -0.643. The second kappa shape index (κ2) is 4.28. The molecule has 0 amide bonds. The Labute approximate surface area is 106 Å². The Hall–Kier alpha value is -1.12. The number of rotatable bonds is 4. The van der Waals surface area contributed by atoms with Crippen LogP contribution in [0.2, 0.25) is 0 Å². The van der Waals surface area contributed by atoms with Crippen LogP contribution < -0.4 is 0 Å². The van der Waals surface area contributed by atoms with Crippen LogP contribution in [0.3, 0.4) is 0 Å². The summed E-state index contributed by atoms with van der Waals surface area (Å²) >= 11 is 1.67. The van der Waals surface area contributed by atoms with Gasteiger partial charge in [0.05, 0.1) is 0 Å². The second-order valence-electron chi connectivity index (χ2n) is 4.84. The van der Waals surface area contributed by atoms with Gasteiger partial charge in [0.15, 0.2) is 0 Å². The monoisotopic (exact) mass is 244 g/mol. The molecule has 1 N–H and O–H groups in total. The Morgan fingerprint density at radius 2 is 1.88 bits per heavy atom. The number of thiophene rings is 1. The molecule has 1 unspecified atom stereocenters. The number of aliphatic hydroxyl groups is 1. The lowest BCUT2D eigenvalue weighted by molar-refractivity contribution is 0.0168. The Balaban J connectivity index is 1.91. The zero-order valence-electron chi connectivity index (χ0n) is 9.67. The molecule has 1 atom stereocenters. The van der Waals surface area contributed by atoms with Crippen molar-refractivity contribution >= 4 is 11.3 Å². The molecule has 1 saturated carbocycles. The molecule has 88 valence electrons. The minimum absolute atomic E-state index is 0.446. The Kier molecular flexibility index (Phi) is 2.77. The molecule has 17 heavy (non-hydrogen) atoms. The maximum absolute atomic E-state index is 11.0. The number of hydrogen-bond donors (Lipinski definition) is 1. The van der Waals surface area contributed by atoms with E-state index >= 15 is 0 Å². The first kappa shape index (κ1) is 11.0. The van der Waals surface area contributed by atoms with Crippen LogP contribution in [0.25, 0.3) is 0 Å². The van der Waals surface area contributed by atoms with Gasteiger partial charge in [-0.3, -0.25) is 0 Å². The van der Waals surface area contributed by atoms with E-state index in [9.17, 15) is 5.11 Å². The maximum Gasteiger partial charge on any atom is 0.106 e. The van der Waals surface area contributed by atoms with Crippen molar-refractivity contribution in [1.82, 2.24) is 0 Å². The highest BCUT2D eigenvalue weighted by Gasteiger charge is 2.45. The number of hydrogen-bond acceptors (Lipinski definition) is 2. The largest absolute Gasteiger partial charge is 0.384 e. The first-order valence-corrected chi connectivity index (χ1v) is 6.97. The third kappa shape index (κ3) is 2.15. The third-order valence-corrected chi connectivity index (χ3v) is 4.55. The summed E-state index contributed by atoms with van der Waals surface area (Å²) in [6.45, 7) is 0. The summed E-state index contributed by atoms with van der Waals surface area (Å²) < 4.78 is 0. The molecule has 2 aromatic rings. The van der Waals surface area contributed by atoms with Crippen molar-refractivity contribution in [2.24, 2.45) is 5.92 Å². The van der Waals surface area contributed by atoms with Crippen molar-refractivity contribution < 1.29 is 5.11 Å². The van der Waals surface area contributed by atoms with Gasteiger partial charge >= 0.3 is 0 Å². The summed E-state index contributed by atoms with van der Waals surface area (Å²) in [5.41, 5.74) is 0.575. The molecule has 1 heterocycles. The van der Waals surface area contributed by atoms with E-state index in [0.717, 1.165) is 24.1 Å². The van der Waals surface area contributed by atoms with Crippen LogP contribution in [0.15, 0.2) is 47.8 Å². The Bertz CT molecular complexity index is 473. The van der Waals surface area contributed by atoms with Crippen LogP contribution in [0.5, 0.6) is 0 Å². The van der Waals surface area contributed by atoms with Crippen LogP contribution in [-0.4, -0.2) is 5.11 Å². The first-order chi connectivity index (χ1) is 8.29. The lowest BCUT2D eigenvalue weighted by atomic mass is 9.88. The van der Waals surface area contributed by atoms with Gasteiger partial charge in [0.25, 0.3) is 0 Å². The molecule has 1 aromatic heterocycles. The lowest BCUT2D eigenvalue weighted by Crippen LogP contribution is -2.30. The molecule has 1 aliphatic carbocycles. The average molecular weight is 244 g/mol. The van der Waals surface area contributed by atoms with Crippen molar-refractivity contribution in [3.05, 3.63) is 58.3 Å². The van der Waals surface area contributed by atoms with Gasteiger partial charge in [-0.1, -0.05) is 36.4 Å². The highest BCUT2D eigenvalue weighted by molar-refractivity contribution is 7.10. The fourth-order valence-corrected chi connectivity index (χ4v) is 3.33. The highest BCUT2D eigenvalue weighted by Crippen LogP contribution is 2.48. The van der Waals surface area contributed by atoms with E-state index in [-0.39, 0.29) is 0 Å². The quantitative estimate of drug-likeness (QED) is 0.871. The van der Waals surface area contributed by atoms with Crippen molar-refractivity contribution in [2.45, 2.75) is 24.9 Å². The molecule has 3 rings (SSSR count). The molecule has 1 aromatic carbocycles. The fraction of sp³-hybridized carbons (Fsp3) is 0.333. The van der Waals surface area contributed by atoms with Crippen molar-refractivity contribution in [3.8, 4) is 0 Å². The van der Waals surface area contributed by atoms with E-state index in [1.54, 1.807) is 11.3 Å². The van der Waals surface area contributed by atoms with Crippen LogP contribution in [0.1, 0.15) is 23.3 Å². The highest BCUT2D eigenvalue weighted by atomic mass is 32.1. The lowest BCUT2D eigenvalue weighted by Gasteiger charge is -2.27. The molecule has 1 fully saturated rings. The smallest absolute Gasteiger partial charge is 0.106 e. The first-order valence-electron chi connectivity index (χ1n) is 6.09. The summed E-state index contributed by atoms with van der Waals surface area (Å²) in [6.07, 6.45) is 3.04. The molecule has 0 bridgehead atoms. The van der Waals surface area contributed by atoms with Gasteiger partial charge in [-0.25, -0.2) is 0 Å². The fourth-order valence-electron chi connectivity index (χ4n) is 2.43. The molecule has 2 heteroatoms. The van der Waals surface area contributed by atoms with Crippen molar-refractivity contribution in [3.63, 3.8) is 0 Å². The van der Waals surface area contributed by atoms with E-state index in [4.69, 9.17) is 0 Å². The molecular formula is C15H16OS. The van der Waals surface area contributed by atoms with Crippen LogP contribution in [0.4, 0.5) is 0 Å². The molecule has 0 saturated heterocycles. The summed E-state index contributed by atoms with van der Waals surface area (Å²) in [4.78, 5) is 1.11. The van der Waals surface area contributed by atoms with Crippen LogP contribution in [-0.2, 0) is 12.0 Å². The molecule has 0 radical (unpaired) electrons. The summed E-state index contributed by atoms with van der Waals surface area (Å²) in [5, 5.41) is 13.0. The van der Waals surface area contributed by atoms with E-state index in [2.05, 4.69) is 18.2 Å². The van der Waals surface area contributed by atoms with E-state index in [1.807, 2.05) is 29.6 Å². The zero-order valence-corrected chi connectivity index (χ0v) is 10.5. The maximum atomic E-state index is 11.0. The van der Waals surface area contributed by atoms with Crippen molar-refractivity contribution in [2.75, 3.05) is 0 Å². The standard InChI is InChI=1S/C15H16OS/c16-15(13-8-9-13,14-7-4-10-17-14)11-12-5-2-1-3-6-12/h1-7,10,13,16H,8-9,11H2. The molecule has 0 spiro atoms. The van der Waals surface area contributed by atoms with Gasteiger partial charge < -0.3 is 5.11 Å². The summed E-state index contributed by atoms with van der Waals surface area (Å²) in [5.74, 6) is 0.446. The van der Waals surface area contributed by atoms with Gasteiger partial charge in [0, 0.05) is 11.3 Å². The molecule has 0 aliphatic heterocycles. The molecule has 1 aliphatic rings. The Morgan fingerprint density at radius 3 is 2.47 bits per heavy atom. The molecular weight excluding hydrogens is 228 g/mol.